The fraction of sp³-hybridized carbons (Fsp3) is 0.267. The maximum atomic E-state index is 11.6. The smallest absolute Gasteiger partial charge is 0.337 e. The van der Waals surface area contributed by atoms with Gasteiger partial charge in [0.1, 0.15) is 18.2 Å². The van der Waals surface area contributed by atoms with Gasteiger partial charge in [-0.1, -0.05) is 60.8 Å². The van der Waals surface area contributed by atoms with Crippen molar-refractivity contribution >= 4 is 29.2 Å². The normalized spacial score (nSPS) is 11.8. The number of methoxy groups -OCH3 is 1. The second kappa shape index (κ2) is 13.0. The van der Waals surface area contributed by atoms with Gasteiger partial charge in [0.05, 0.1) is 29.4 Å². The van der Waals surface area contributed by atoms with Crippen molar-refractivity contribution in [3.63, 3.8) is 0 Å². The zero-order valence-corrected chi connectivity index (χ0v) is 23.0. The van der Waals surface area contributed by atoms with Crippen LogP contribution in [0.2, 0.25) is 10.0 Å². The summed E-state index contributed by atoms with van der Waals surface area (Å²) in [5.74, 6) is 1.22. The first-order chi connectivity index (χ1) is 18.4. The molecule has 6 nitrogen and oxygen atoms in total. The predicted octanol–water partition coefficient (Wildman–Crippen LogP) is 7.27. The molecule has 4 aromatic rings. The minimum Gasteiger partial charge on any atom is -0.489 e. The second-order valence-corrected chi connectivity index (χ2v) is 9.93. The summed E-state index contributed by atoms with van der Waals surface area (Å²) in [6.07, 6.45) is 4.75. The Morgan fingerprint density at radius 2 is 1.74 bits per heavy atom. The molecule has 0 saturated carbocycles. The average molecular weight is 553 g/mol. The summed E-state index contributed by atoms with van der Waals surface area (Å²) < 4.78 is 12.8. The summed E-state index contributed by atoms with van der Waals surface area (Å²) in [4.78, 5) is 16.5. The first-order valence-electron chi connectivity index (χ1n) is 12.5. The van der Waals surface area contributed by atoms with Crippen LogP contribution in [0.15, 0.2) is 72.9 Å². The van der Waals surface area contributed by atoms with Crippen LogP contribution in [0.1, 0.15) is 53.1 Å². The molecule has 0 unspecified atom stereocenters. The van der Waals surface area contributed by atoms with Crippen LogP contribution in [0.5, 0.6) is 5.75 Å². The number of carbonyl (C=O) groups is 1. The fourth-order valence-electron chi connectivity index (χ4n) is 4.15. The summed E-state index contributed by atoms with van der Waals surface area (Å²) in [6, 6.07) is 20.2. The molecular weight excluding hydrogens is 521 g/mol. The van der Waals surface area contributed by atoms with Gasteiger partial charge >= 0.3 is 5.97 Å². The summed E-state index contributed by atoms with van der Waals surface area (Å²) >= 11 is 12.5. The Bertz CT molecular complexity index is 1370. The molecule has 4 rings (SSSR count). The highest BCUT2D eigenvalue weighted by Crippen LogP contribution is 2.31. The number of ether oxygens (including phenoxy) is 2. The number of aryl methyl sites for hydroxylation is 1. The van der Waals surface area contributed by atoms with E-state index in [-0.39, 0.29) is 12.0 Å². The highest BCUT2D eigenvalue weighted by Gasteiger charge is 2.18. The summed E-state index contributed by atoms with van der Waals surface area (Å²) in [5.41, 5.74) is 10.8. The van der Waals surface area contributed by atoms with Crippen LogP contribution in [-0.4, -0.2) is 22.6 Å². The highest BCUT2D eigenvalue weighted by atomic mass is 35.5. The van der Waals surface area contributed by atoms with Crippen molar-refractivity contribution in [2.45, 2.75) is 45.4 Å². The van der Waals surface area contributed by atoms with Gasteiger partial charge in [0.25, 0.3) is 0 Å². The molecule has 1 heterocycles. The van der Waals surface area contributed by atoms with Crippen LogP contribution in [0.25, 0.3) is 11.3 Å². The van der Waals surface area contributed by atoms with E-state index in [1.807, 2.05) is 54.7 Å². The topological polar surface area (TPSA) is 79.4 Å². The van der Waals surface area contributed by atoms with Crippen molar-refractivity contribution in [1.29, 1.82) is 0 Å². The summed E-state index contributed by atoms with van der Waals surface area (Å²) in [6.45, 7) is 3.39. The Kier molecular flexibility index (Phi) is 9.45. The van der Waals surface area contributed by atoms with E-state index >= 15 is 0 Å². The molecule has 38 heavy (non-hydrogen) atoms. The predicted molar refractivity (Wildman–Crippen MR) is 152 cm³/mol. The molecule has 0 amide bonds. The van der Waals surface area contributed by atoms with Gasteiger partial charge in [0.15, 0.2) is 0 Å². The summed E-state index contributed by atoms with van der Waals surface area (Å²) in [7, 11) is 1.37. The molecule has 0 bridgehead atoms. The molecule has 198 valence electrons. The van der Waals surface area contributed by atoms with Crippen LogP contribution in [0.3, 0.4) is 0 Å². The molecule has 0 saturated heterocycles. The number of carbonyl (C=O) groups excluding carboxylic acids is 1. The molecule has 0 radical (unpaired) electrons. The van der Waals surface area contributed by atoms with E-state index in [0.717, 1.165) is 53.3 Å². The average Bonchev–Trinajstić information content (AvgIpc) is 3.35. The number of nitrogens with zero attached hydrogens (tertiary/aromatic N) is 2. The van der Waals surface area contributed by atoms with Crippen molar-refractivity contribution in [3.05, 3.63) is 105 Å². The van der Waals surface area contributed by atoms with E-state index in [1.54, 1.807) is 18.2 Å². The zero-order valence-electron chi connectivity index (χ0n) is 21.5. The Morgan fingerprint density at radius 3 is 2.39 bits per heavy atom. The monoisotopic (exact) mass is 551 g/mol. The number of imidazole rings is 1. The van der Waals surface area contributed by atoms with Gasteiger partial charge in [-0.05, 0) is 66.4 Å². The van der Waals surface area contributed by atoms with E-state index in [9.17, 15) is 4.79 Å². The lowest BCUT2D eigenvalue weighted by Gasteiger charge is -2.14. The standard InChI is InChI=1S/C30H31Cl2N3O3/c1-3-4-15-35-18-28(25-14-11-23(31)17-26(25)32)34-29(35)27(33)16-20-7-12-24(13-8-20)38-19-21-5-9-22(10-6-21)30(36)37-2/h5-14,17-18,27H,3-4,15-16,19,33H2,1-2H3/t27-/m0/s1. The minimum absolute atomic E-state index is 0.285. The van der Waals surface area contributed by atoms with Crippen LogP contribution in [0, 0.1) is 0 Å². The van der Waals surface area contributed by atoms with Crippen LogP contribution in [0.4, 0.5) is 0 Å². The molecule has 1 aromatic heterocycles. The fourth-order valence-corrected chi connectivity index (χ4v) is 4.65. The highest BCUT2D eigenvalue weighted by molar-refractivity contribution is 6.36. The van der Waals surface area contributed by atoms with Crippen LogP contribution in [-0.2, 0) is 24.3 Å². The van der Waals surface area contributed by atoms with Crippen molar-refractivity contribution in [2.24, 2.45) is 5.73 Å². The van der Waals surface area contributed by atoms with Crippen LogP contribution >= 0.6 is 23.2 Å². The number of rotatable bonds is 11. The first-order valence-corrected chi connectivity index (χ1v) is 13.3. The molecular formula is C30H31Cl2N3O3. The number of benzene rings is 3. The number of hydrogen-bond donors (Lipinski definition) is 1. The second-order valence-electron chi connectivity index (χ2n) is 9.09. The maximum absolute atomic E-state index is 11.6. The van der Waals surface area contributed by atoms with E-state index in [2.05, 4.69) is 11.5 Å². The third kappa shape index (κ3) is 6.95. The number of nitrogens with two attached hydrogens (primary N) is 1. The lowest BCUT2D eigenvalue weighted by Crippen LogP contribution is -2.19. The molecule has 0 aliphatic carbocycles. The van der Waals surface area contributed by atoms with E-state index < -0.39 is 0 Å². The maximum Gasteiger partial charge on any atom is 0.337 e. The molecule has 0 spiro atoms. The quantitative estimate of drug-likeness (QED) is 0.198. The number of esters is 1. The third-order valence-corrected chi connectivity index (χ3v) is 6.81. The SMILES string of the molecule is CCCCn1cc(-c2ccc(Cl)cc2Cl)nc1[C@@H](N)Cc1ccc(OCc2ccc(C(=O)OC)cc2)cc1. The van der Waals surface area contributed by atoms with E-state index in [4.69, 9.17) is 43.4 Å². The molecule has 2 N–H and O–H groups in total. The lowest BCUT2D eigenvalue weighted by atomic mass is 10.1. The van der Waals surface area contributed by atoms with Gasteiger partial charge in [-0.3, -0.25) is 0 Å². The zero-order chi connectivity index (χ0) is 27.1. The van der Waals surface area contributed by atoms with Crippen molar-refractivity contribution in [3.8, 4) is 17.0 Å². The number of unbranched alkanes of at least 4 members (excludes halogenated alkanes) is 1. The largest absolute Gasteiger partial charge is 0.489 e. The minimum atomic E-state index is -0.357. The Labute approximate surface area is 233 Å². The first kappa shape index (κ1) is 27.7. The van der Waals surface area contributed by atoms with Gasteiger partial charge in [-0.15, -0.1) is 0 Å². The van der Waals surface area contributed by atoms with Crippen molar-refractivity contribution in [2.75, 3.05) is 7.11 Å². The molecule has 1 atom stereocenters. The molecule has 0 fully saturated rings. The van der Waals surface area contributed by atoms with Gasteiger partial charge in [0, 0.05) is 23.3 Å². The Balaban J connectivity index is 1.42. The van der Waals surface area contributed by atoms with Crippen molar-refractivity contribution in [1.82, 2.24) is 9.55 Å². The van der Waals surface area contributed by atoms with E-state index in [1.165, 1.54) is 7.11 Å². The summed E-state index contributed by atoms with van der Waals surface area (Å²) in [5, 5.41) is 1.15. The van der Waals surface area contributed by atoms with E-state index in [0.29, 0.717) is 28.6 Å². The molecule has 8 heteroatoms. The third-order valence-electron chi connectivity index (χ3n) is 6.26. The molecule has 3 aromatic carbocycles. The van der Waals surface area contributed by atoms with Gasteiger partial charge in [-0.25, -0.2) is 9.78 Å². The van der Waals surface area contributed by atoms with Gasteiger partial charge in [-0.2, -0.15) is 0 Å². The molecule has 0 aliphatic rings. The van der Waals surface area contributed by atoms with Gasteiger partial charge < -0.3 is 19.8 Å². The Morgan fingerprint density at radius 1 is 1.03 bits per heavy atom. The Hall–Kier alpha value is -3.32. The lowest BCUT2D eigenvalue weighted by molar-refractivity contribution is 0.0600. The number of halogens is 2. The number of aromatic nitrogens is 2. The molecule has 0 aliphatic heterocycles. The number of hydrogen-bond acceptors (Lipinski definition) is 5. The van der Waals surface area contributed by atoms with Crippen molar-refractivity contribution < 1.29 is 14.3 Å². The van der Waals surface area contributed by atoms with Gasteiger partial charge in [0.2, 0.25) is 0 Å². The van der Waals surface area contributed by atoms with Crippen LogP contribution < -0.4 is 10.5 Å².